The van der Waals surface area contributed by atoms with Crippen molar-refractivity contribution in [2.24, 2.45) is 17.3 Å². The molecule has 0 amide bonds. The average molecular weight is 282 g/mol. The minimum absolute atomic E-state index is 0.468. The predicted octanol–water partition coefficient (Wildman–Crippen LogP) is 2.71. The summed E-state index contributed by atoms with van der Waals surface area (Å²) < 4.78 is 5.85. The van der Waals surface area contributed by atoms with Gasteiger partial charge < -0.3 is 14.5 Å². The molecule has 2 atom stereocenters. The fourth-order valence-corrected chi connectivity index (χ4v) is 3.53. The van der Waals surface area contributed by atoms with E-state index in [1.165, 1.54) is 52.0 Å². The van der Waals surface area contributed by atoms with Gasteiger partial charge in [-0.05, 0) is 37.1 Å². The molecule has 1 aliphatic heterocycles. The Hall–Kier alpha value is -0.120. The van der Waals surface area contributed by atoms with Crippen molar-refractivity contribution in [3.63, 3.8) is 0 Å². The lowest BCUT2D eigenvalue weighted by atomic mass is 9.55. The van der Waals surface area contributed by atoms with Gasteiger partial charge in [0.2, 0.25) is 0 Å². The quantitative estimate of drug-likeness (QED) is 0.668. The molecule has 0 bridgehead atoms. The third-order valence-electron chi connectivity index (χ3n) is 5.71. The van der Waals surface area contributed by atoms with Crippen LogP contribution in [0.5, 0.6) is 0 Å². The molecule has 1 aliphatic carbocycles. The molecule has 2 fully saturated rings. The first-order valence-electron chi connectivity index (χ1n) is 8.52. The van der Waals surface area contributed by atoms with Crippen LogP contribution in [-0.4, -0.2) is 62.8 Å². The van der Waals surface area contributed by atoms with Crippen molar-refractivity contribution in [3.8, 4) is 0 Å². The zero-order chi connectivity index (χ0) is 14.6. The van der Waals surface area contributed by atoms with Crippen LogP contribution in [0.3, 0.4) is 0 Å². The SMILES string of the molecule is CCCCOC[C@H]1C[C@@H](CN2CCN(C)CC2)C1(C)C. The van der Waals surface area contributed by atoms with Gasteiger partial charge in [0.1, 0.15) is 0 Å². The molecule has 20 heavy (non-hydrogen) atoms. The number of unbranched alkanes of at least 4 members (excludes halogenated alkanes) is 1. The molecule has 2 aliphatic rings. The Labute approximate surface area is 125 Å². The Morgan fingerprint density at radius 2 is 1.80 bits per heavy atom. The predicted molar refractivity (Wildman–Crippen MR) is 85.0 cm³/mol. The van der Waals surface area contributed by atoms with Crippen molar-refractivity contribution in [1.82, 2.24) is 9.80 Å². The topological polar surface area (TPSA) is 15.7 Å². The van der Waals surface area contributed by atoms with Crippen LogP contribution >= 0.6 is 0 Å². The summed E-state index contributed by atoms with van der Waals surface area (Å²) in [6, 6.07) is 0. The van der Waals surface area contributed by atoms with E-state index in [1.807, 2.05) is 0 Å². The van der Waals surface area contributed by atoms with Gasteiger partial charge in [0.05, 0.1) is 0 Å². The summed E-state index contributed by atoms with van der Waals surface area (Å²) in [5.74, 6) is 1.64. The highest BCUT2D eigenvalue weighted by Crippen LogP contribution is 2.51. The molecular weight excluding hydrogens is 248 g/mol. The second-order valence-corrected chi connectivity index (χ2v) is 7.48. The Balaban J connectivity index is 1.68. The van der Waals surface area contributed by atoms with E-state index < -0.39 is 0 Å². The molecule has 2 rings (SSSR count). The van der Waals surface area contributed by atoms with Gasteiger partial charge in [0.15, 0.2) is 0 Å². The van der Waals surface area contributed by atoms with Crippen LogP contribution in [-0.2, 0) is 4.74 Å². The summed E-state index contributed by atoms with van der Waals surface area (Å²) in [5, 5.41) is 0. The zero-order valence-corrected chi connectivity index (χ0v) is 14.0. The summed E-state index contributed by atoms with van der Waals surface area (Å²) in [7, 11) is 2.23. The smallest absolute Gasteiger partial charge is 0.0499 e. The highest BCUT2D eigenvalue weighted by Gasteiger charge is 2.48. The Morgan fingerprint density at radius 1 is 1.10 bits per heavy atom. The minimum atomic E-state index is 0.468. The van der Waals surface area contributed by atoms with E-state index in [-0.39, 0.29) is 0 Å². The first-order valence-corrected chi connectivity index (χ1v) is 8.52. The van der Waals surface area contributed by atoms with E-state index in [0.29, 0.717) is 5.41 Å². The Bertz CT molecular complexity index is 285. The lowest BCUT2D eigenvalue weighted by Gasteiger charge is -2.54. The number of likely N-dealkylation sites (N-methyl/N-ethyl adjacent to an activating group) is 1. The van der Waals surface area contributed by atoms with Gasteiger partial charge in [-0.2, -0.15) is 0 Å². The van der Waals surface area contributed by atoms with Gasteiger partial charge >= 0.3 is 0 Å². The fourth-order valence-electron chi connectivity index (χ4n) is 3.53. The van der Waals surface area contributed by atoms with E-state index in [1.54, 1.807) is 0 Å². The summed E-state index contributed by atoms with van der Waals surface area (Å²) in [5.41, 5.74) is 0.468. The summed E-state index contributed by atoms with van der Waals surface area (Å²) in [4.78, 5) is 5.10. The molecule has 0 spiro atoms. The molecule has 3 heteroatoms. The molecule has 0 aromatic heterocycles. The van der Waals surface area contributed by atoms with Crippen molar-refractivity contribution in [3.05, 3.63) is 0 Å². The van der Waals surface area contributed by atoms with Crippen molar-refractivity contribution in [2.75, 3.05) is 53.0 Å². The summed E-state index contributed by atoms with van der Waals surface area (Å²) in [6.45, 7) is 15.3. The zero-order valence-electron chi connectivity index (χ0n) is 14.0. The van der Waals surface area contributed by atoms with E-state index in [9.17, 15) is 0 Å². The monoisotopic (exact) mass is 282 g/mol. The van der Waals surface area contributed by atoms with Crippen LogP contribution < -0.4 is 0 Å². The molecule has 118 valence electrons. The molecule has 1 saturated heterocycles. The summed E-state index contributed by atoms with van der Waals surface area (Å²) in [6.07, 6.45) is 3.81. The van der Waals surface area contributed by atoms with Gasteiger partial charge in [-0.15, -0.1) is 0 Å². The molecule has 1 heterocycles. The number of hydrogen-bond acceptors (Lipinski definition) is 3. The van der Waals surface area contributed by atoms with Crippen molar-refractivity contribution in [1.29, 1.82) is 0 Å². The molecule has 0 aromatic rings. The molecule has 0 unspecified atom stereocenters. The minimum Gasteiger partial charge on any atom is -0.381 e. The Morgan fingerprint density at radius 3 is 2.40 bits per heavy atom. The maximum atomic E-state index is 5.85. The van der Waals surface area contributed by atoms with E-state index >= 15 is 0 Å². The number of rotatable bonds is 7. The van der Waals surface area contributed by atoms with Crippen LogP contribution in [0.2, 0.25) is 0 Å². The second kappa shape index (κ2) is 7.24. The highest BCUT2D eigenvalue weighted by molar-refractivity contribution is 4.97. The first-order chi connectivity index (χ1) is 9.54. The van der Waals surface area contributed by atoms with Crippen molar-refractivity contribution >= 4 is 0 Å². The molecule has 0 aromatic carbocycles. The van der Waals surface area contributed by atoms with E-state index in [4.69, 9.17) is 4.74 Å². The third-order valence-corrected chi connectivity index (χ3v) is 5.71. The lowest BCUT2D eigenvalue weighted by Crippen LogP contribution is -2.54. The van der Waals surface area contributed by atoms with E-state index in [0.717, 1.165) is 25.0 Å². The van der Waals surface area contributed by atoms with Crippen LogP contribution in [0.1, 0.15) is 40.0 Å². The Kier molecular flexibility index (Phi) is 5.88. The van der Waals surface area contributed by atoms with Crippen molar-refractivity contribution in [2.45, 2.75) is 40.0 Å². The summed E-state index contributed by atoms with van der Waals surface area (Å²) >= 11 is 0. The number of ether oxygens (including phenoxy) is 1. The molecule has 0 radical (unpaired) electrons. The van der Waals surface area contributed by atoms with Gasteiger partial charge in [0, 0.05) is 45.9 Å². The van der Waals surface area contributed by atoms with Crippen molar-refractivity contribution < 1.29 is 4.74 Å². The van der Waals surface area contributed by atoms with Crippen LogP contribution in [0.25, 0.3) is 0 Å². The molecule has 1 saturated carbocycles. The lowest BCUT2D eigenvalue weighted by molar-refractivity contribution is -0.0854. The number of piperazine rings is 1. The number of nitrogens with zero attached hydrogens (tertiary/aromatic N) is 2. The van der Waals surface area contributed by atoms with Gasteiger partial charge in [-0.1, -0.05) is 27.2 Å². The maximum Gasteiger partial charge on any atom is 0.0499 e. The van der Waals surface area contributed by atoms with Gasteiger partial charge in [-0.3, -0.25) is 0 Å². The number of hydrogen-bond donors (Lipinski definition) is 0. The normalized spacial score (nSPS) is 31.2. The maximum absolute atomic E-state index is 5.85. The molecule has 3 nitrogen and oxygen atoms in total. The molecule has 0 N–H and O–H groups in total. The first kappa shape index (κ1) is 16.3. The van der Waals surface area contributed by atoms with Gasteiger partial charge in [0.25, 0.3) is 0 Å². The highest BCUT2D eigenvalue weighted by atomic mass is 16.5. The standard InChI is InChI=1S/C17H34N2O/c1-5-6-11-20-14-16-12-15(17(16,2)3)13-19-9-7-18(4)8-10-19/h15-16H,5-14H2,1-4H3/t15-,16+/m0/s1. The van der Waals surface area contributed by atoms with Crippen LogP contribution in [0, 0.1) is 17.3 Å². The average Bonchev–Trinajstić information content (AvgIpc) is 2.43. The van der Waals surface area contributed by atoms with Gasteiger partial charge in [-0.25, -0.2) is 0 Å². The second-order valence-electron chi connectivity index (χ2n) is 7.48. The van der Waals surface area contributed by atoms with Crippen LogP contribution in [0.15, 0.2) is 0 Å². The molecular formula is C17H34N2O. The third kappa shape index (κ3) is 3.96. The van der Waals surface area contributed by atoms with Crippen LogP contribution in [0.4, 0.5) is 0 Å². The fraction of sp³-hybridized carbons (Fsp3) is 1.00. The van der Waals surface area contributed by atoms with E-state index in [2.05, 4.69) is 37.6 Å². The largest absolute Gasteiger partial charge is 0.381 e.